The predicted octanol–water partition coefficient (Wildman–Crippen LogP) is 2.63. The van der Waals surface area contributed by atoms with Crippen LogP contribution in [0, 0.1) is 6.92 Å². The molecular weight excluding hydrogens is 240 g/mol. The molecule has 1 aliphatic carbocycles. The van der Waals surface area contributed by atoms with E-state index in [9.17, 15) is 0 Å². The minimum absolute atomic E-state index is 0.484. The van der Waals surface area contributed by atoms with Crippen LogP contribution in [0.2, 0.25) is 0 Å². The fraction of sp³-hybridized carbons (Fsp3) is 0.364. The number of aryl methyl sites for hydroxylation is 1. The summed E-state index contributed by atoms with van der Waals surface area (Å²) in [6.45, 7) is 2.05. The normalized spacial score (nSPS) is 17.1. The summed E-state index contributed by atoms with van der Waals surface area (Å²) in [6, 6.07) is 6.56. The van der Waals surface area contributed by atoms with Crippen LogP contribution in [0.1, 0.15) is 24.0 Å². The molecule has 1 saturated carbocycles. The molecule has 1 aromatic rings. The monoisotopic (exact) mass is 252 g/mol. The number of hydrogen-bond donors (Lipinski definition) is 1. The van der Waals surface area contributed by atoms with E-state index in [1.54, 1.807) is 0 Å². The van der Waals surface area contributed by atoms with E-state index >= 15 is 0 Å². The molecular formula is C11H13BrN2. The third kappa shape index (κ3) is 2.15. The van der Waals surface area contributed by atoms with Crippen molar-refractivity contribution in [3.05, 3.63) is 33.8 Å². The van der Waals surface area contributed by atoms with Gasteiger partial charge in [0.25, 0.3) is 0 Å². The Morgan fingerprint density at radius 2 is 2.21 bits per heavy atom. The summed E-state index contributed by atoms with van der Waals surface area (Å²) >= 11 is 3.43. The summed E-state index contributed by atoms with van der Waals surface area (Å²) in [4.78, 5) is 4.43. The zero-order chi connectivity index (χ0) is 10.1. The van der Waals surface area contributed by atoms with Gasteiger partial charge in [-0.3, -0.25) is 4.99 Å². The lowest BCUT2D eigenvalue weighted by Crippen LogP contribution is -2.15. The quantitative estimate of drug-likeness (QED) is 0.638. The molecule has 2 N–H and O–H groups in total. The maximum atomic E-state index is 5.92. The Balaban J connectivity index is 2.30. The molecule has 1 aromatic carbocycles. The van der Waals surface area contributed by atoms with E-state index in [1.807, 2.05) is 12.1 Å². The highest BCUT2D eigenvalue weighted by Gasteiger charge is 2.20. The van der Waals surface area contributed by atoms with E-state index in [2.05, 4.69) is 33.9 Å². The Labute approximate surface area is 92.4 Å². The van der Waals surface area contributed by atoms with E-state index in [0.717, 1.165) is 10.0 Å². The van der Waals surface area contributed by atoms with Crippen molar-refractivity contribution in [2.45, 2.75) is 25.8 Å². The lowest BCUT2D eigenvalue weighted by molar-refractivity contribution is 1.06. The lowest BCUT2D eigenvalue weighted by atomic mass is 10.1. The molecule has 0 bridgehead atoms. The zero-order valence-electron chi connectivity index (χ0n) is 8.13. The second kappa shape index (κ2) is 3.73. The van der Waals surface area contributed by atoms with Gasteiger partial charge in [-0.1, -0.05) is 15.9 Å². The molecule has 0 heterocycles. The topological polar surface area (TPSA) is 38.4 Å². The third-order valence-corrected chi connectivity index (χ3v) is 2.83. The van der Waals surface area contributed by atoms with Gasteiger partial charge >= 0.3 is 0 Å². The maximum absolute atomic E-state index is 5.92. The summed E-state index contributed by atoms with van der Waals surface area (Å²) in [6.07, 6.45) is 2.38. The SMILES string of the molecule is Cc1cc(Br)ccc1C(N)=NC1CC1. The van der Waals surface area contributed by atoms with Gasteiger partial charge < -0.3 is 5.73 Å². The van der Waals surface area contributed by atoms with E-state index < -0.39 is 0 Å². The van der Waals surface area contributed by atoms with Crippen LogP contribution in [0.5, 0.6) is 0 Å². The molecule has 74 valence electrons. The molecule has 3 heteroatoms. The molecule has 14 heavy (non-hydrogen) atoms. The van der Waals surface area contributed by atoms with Gasteiger partial charge in [0.1, 0.15) is 5.84 Å². The molecule has 0 amide bonds. The summed E-state index contributed by atoms with van der Waals surface area (Å²) < 4.78 is 1.08. The van der Waals surface area contributed by atoms with Gasteiger partial charge in [-0.05, 0) is 43.5 Å². The average molecular weight is 253 g/mol. The summed E-state index contributed by atoms with van der Waals surface area (Å²) in [5.41, 5.74) is 8.15. The second-order valence-corrected chi connectivity index (χ2v) is 4.62. The molecule has 0 radical (unpaired) electrons. The number of rotatable bonds is 2. The molecule has 2 nitrogen and oxygen atoms in total. The van der Waals surface area contributed by atoms with Gasteiger partial charge in [-0.15, -0.1) is 0 Å². The fourth-order valence-corrected chi connectivity index (χ4v) is 1.86. The average Bonchev–Trinajstić information content (AvgIpc) is 2.87. The highest BCUT2D eigenvalue weighted by Crippen LogP contribution is 2.24. The number of nitrogens with two attached hydrogens (primary N) is 1. The zero-order valence-corrected chi connectivity index (χ0v) is 9.71. The number of nitrogens with zero attached hydrogens (tertiary/aromatic N) is 1. The van der Waals surface area contributed by atoms with Crippen molar-refractivity contribution in [3.8, 4) is 0 Å². The number of halogens is 1. The highest BCUT2D eigenvalue weighted by molar-refractivity contribution is 9.10. The van der Waals surface area contributed by atoms with E-state index in [1.165, 1.54) is 18.4 Å². The molecule has 1 fully saturated rings. The maximum Gasteiger partial charge on any atom is 0.126 e. The first-order valence-corrected chi connectivity index (χ1v) is 5.56. The summed E-state index contributed by atoms with van der Waals surface area (Å²) in [5, 5.41) is 0. The van der Waals surface area contributed by atoms with Crippen molar-refractivity contribution in [2.75, 3.05) is 0 Å². The van der Waals surface area contributed by atoms with Crippen molar-refractivity contribution in [3.63, 3.8) is 0 Å². The number of aliphatic imine (C=N–C) groups is 1. The molecule has 0 saturated heterocycles. The molecule has 0 spiro atoms. The Morgan fingerprint density at radius 1 is 1.50 bits per heavy atom. The highest BCUT2D eigenvalue weighted by atomic mass is 79.9. The van der Waals surface area contributed by atoms with Crippen molar-refractivity contribution in [1.82, 2.24) is 0 Å². The molecule has 0 atom stereocenters. The van der Waals surface area contributed by atoms with E-state index in [-0.39, 0.29) is 0 Å². The Hall–Kier alpha value is -0.830. The smallest absolute Gasteiger partial charge is 0.126 e. The number of benzene rings is 1. The predicted molar refractivity (Wildman–Crippen MR) is 62.6 cm³/mol. The van der Waals surface area contributed by atoms with Gasteiger partial charge in [-0.25, -0.2) is 0 Å². The van der Waals surface area contributed by atoms with Gasteiger partial charge in [0.05, 0.1) is 6.04 Å². The Bertz CT molecular complexity index is 381. The molecule has 0 unspecified atom stereocenters. The second-order valence-electron chi connectivity index (χ2n) is 3.70. The van der Waals surface area contributed by atoms with Crippen LogP contribution >= 0.6 is 15.9 Å². The van der Waals surface area contributed by atoms with Gasteiger partial charge in [0.15, 0.2) is 0 Å². The van der Waals surface area contributed by atoms with Gasteiger partial charge in [0.2, 0.25) is 0 Å². The van der Waals surface area contributed by atoms with Crippen LogP contribution in [0.25, 0.3) is 0 Å². The first-order valence-electron chi connectivity index (χ1n) is 4.76. The fourth-order valence-electron chi connectivity index (χ4n) is 1.38. The first-order chi connectivity index (χ1) is 6.66. The van der Waals surface area contributed by atoms with E-state index in [4.69, 9.17) is 5.73 Å². The number of amidine groups is 1. The molecule has 0 aliphatic heterocycles. The van der Waals surface area contributed by atoms with Crippen LogP contribution in [0.3, 0.4) is 0 Å². The molecule has 0 aromatic heterocycles. The minimum Gasteiger partial charge on any atom is -0.383 e. The largest absolute Gasteiger partial charge is 0.383 e. The first kappa shape index (κ1) is 9.71. The van der Waals surface area contributed by atoms with Crippen LogP contribution < -0.4 is 5.73 Å². The lowest BCUT2D eigenvalue weighted by Gasteiger charge is -2.05. The van der Waals surface area contributed by atoms with Crippen LogP contribution in [0.15, 0.2) is 27.7 Å². The molecule has 2 rings (SSSR count). The van der Waals surface area contributed by atoms with Crippen LogP contribution in [-0.4, -0.2) is 11.9 Å². The van der Waals surface area contributed by atoms with Crippen LogP contribution in [0.4, 0.5) is 0 Å². The summed E-state index contributed by atoms with van der Waals surface area (Å²) in [5.74, 6) is 0.678. The number of hydrogen-bond acceptors (Lipinski definition) is 1. The third-order valence-electron chi connectivity index (χ3n) is 2.33. The minimum atomic E-state index is 0.484. The Morgan fingerprint density at radius 3 is 2.79 bits per heavy atom. The molecule has 1 aliphatic rings. The van der Waals surface area contributed by atoms with Crippen molar-refractivity contribution in [2.24, 2.45) is 10.7 Å². The van der Waals surface area contributed by atoms with Crippen molar-refractivity contribution in [1.29, 1.82) is 0 Å². The van der Waals surface area contributed by atoms with Gasteiger partial charge in [0, 0.05) is 10.0 Å². The Kier molecular flexibility index (Phi) is 2.59. The summed E-state index contributed by atoms with van der Waals surface area (Å²) in [7, 11) is 0. The van der Waals surface area contributed by atoms with Crippen molar-refractivity contribution < 1.29 is 0 Å². The van der Waals surface area contributed by atoms with Gasteiger partial charge in [-0.2, -0.15) is 0 Å². The van der Waals surface area contributed by atoms with Crippen molar-refractivity contribution >= 4 is 21.8 Å². The standard InChI is InChI=1S/C11H13BrN2/c1-7-6-8(12)2-5-10(7)11(13)14-9-3-4-9/h2,5-6,9H,3-4H2,1H3,(H2,13,14). The van der Waals surface area contributed by atoms with E-state index in [0.29, 0.717) is 11.9 Å². The van der Waals surface area contributed by atoms with Crippen LogP contribution in [-0.2, 0) is 0 Å².